The van der Waals surface area contributed by atoms with E-state index in [1.807, 2.05) is 18.2 Å². The summed E-state index contributed by atoms with van der Waals surface area (Å²) in [6, 6.07) is 10.3. The largest absolute Gasteiger partial charge is 0.345 e. The molecular weight excluding hydrogens is 336 g/mol. The zero-order chi connectivity index (χ0) is 18.0. The lowest BCUT2D eigenvalue weighted by Gasteiger charge is -2.31. The molecule has 0 radical (unpaired) electrons. The van der Waals surface area contributed by atoms with Crippen molar-refractivity contribution in [2.24, 2.45) is 10.2 Å². The predicted molar refractivity (Wildman–Crippen MR) is 96.8 cm³/mol. The van der Waals surface area contributed by atoms with Gasteiger partial charge in [-0.2, -0.15) is 10.2 Å². The second kappa shape index (κ2) is 6.90. The second-order valence-corrected chi connectivity index (χ2v) is 6.69. The Hall–Kier alpha value is -2.70. The molecule has 0 spiro atoms. The number of benzene rings is 1. The minimum atomic E-state index is -2.58. The van der Waals surface area contributed by atoms with Gasteiger partial charge in [-0.05, 0) is 18.4 Å². The van der Waals surface area contributed by atoms with Gasteiger partial charge in [0.2, 0.25) is 5.95 Å². The third kappa shape index (κ3) is 3.21. The van der Waals surface area contributed by atoms with Crippen LogP contribution in [0.4, 0.5) is 14.7 Å². The molecule has 0 bridgehead atoms. The summed E-state index contributed by atoms with van der Waals surface area (Å²) in [5, 5.41) is 10.9. The number of hydrogen-bond acceptors (Lipinski definition) is 5. The van der Waals surface area contributed by atoms with Crippen LogP contribution in [0, 0.1) is 0 Å². The van der Waals surface area contributed by atoms with E-state index >= 15 is 0 Å². The number of rotatable bonds is 5. The molecule has 1 aliphatic carbocycles. The molecule has 0 atom stereocenters. The molecule has 0 unspecified atom stereocenters. The topological polar surface area (TPSA) is 62.5 Å². The van der Waals surface area contributed by atoms with Gasteiger partial charge in [0.25, 0.3) is 6.43 Å². The molecule has 0 amide bonds. The second-order valence-electron chi connectivity index (χ2n) is 6.69. The van der Waals surface area contributed by atoms with E-state index in [4.69, 9.17) is 0 Å². The van der Waals surface area contributed by atoms with Crippen LogP contribution in [-0.4, -0.2) is 27.8 Å². The van der Waals surface area contributed by atoms with E-state index < -0.39 is 6.43 Å². The van der Waals surface area contributed by atoms with Crippen LogP contribution >= 0.6 is 0 Å². The van der Waals surface area contributed by atoms with Gasteiger partial charge >= 0.3 is 0 Å². The summed E-state index contributed by atoms with van der Waals surface area (Å²) in [5.41, 5.74) is 1.97. The Kier molecular flexibility index (Phi) is 4.44. The Labute approximate surface area is 150 Å². The van der Waals surface area contributed by atoms with E-state index in [0.717, 1.165) is 25.7 Å². The minimum absolute atomic E-state index is 0.0434. The molecule has 0 saturated heterocycles. The number of halogens is 2. The van der Waals surface area contributed by atoms with Crippen molar-refractivity contribution >= 4 is 17.4 Å². The molecular formula is C19H19F2N5. The SMILES string of the molecule is FC(F)C1=NN=C(c2cnc(NC3(c4ccccc4)CCCC3)nc2)C1. The van der Waals surface area contributed by atoms with Crippen LogP contribution in [0.3, 0.4) is 0 Å². The van der Waals surface area contributed by atoms with Crippen molar-refractivity contribution in [3.05, 3.63) is 53.9 Å². The average Bonchev–Trinajstić information content (AvgIpc) is 3.34. The highest BCUT2D eigenvalue weighted by molar-refractivity contribution is 6.15. The first-order chi connectivity index (χ1) is 12.7. The van der Waals surface area contributed by atoms with Crippen molar-refractivity contribution in [3.63, 3.8) is 0 Å². The Morgan fingerprint density at radius 3 is 2.27 bits per heavy atom. The number of alkyl halides is 2. The fraction of sp³-hybridized carbons (Fsp3) is 0.368. The van der Waals surface area contributed by atoms with Gasteiger partial charge in [0.1, 0.15) is 5.71 Å². The Balaban J connectivity index is 1.51. The molecule has 4 rings (SSSR count). The van der Waals surface area contributed by atoms with E-state index in [1.165, 1.54) is 5.56 Å². The van der Waals surface area contributed by atoms with Gasteiger partial charge in [-0.1, -0.05) is 43.2 Å². The summed E-state index contributed by atoms with van der Waals surface area (Å²) in [6.45, 7) is 0. The normalized spacial score (nSPS) is 18.7. The molecule has 5 nitrogen and oxygen atoms in total. The fourth-order valence-electron chi connectivity index (χ4n) is 3.62. The monoisotopic (exact) mass is 355 g/mol. The van der Waals surface area contributed by atoms with Crippen LogP contribution in [-0.2, 0) is 5.54 Å². The molecule has 1 aromatic heterocycles. The number of anilines is 1. The maximum atomic E-state index is 12.7. The van der Waals surface area contributed by atoms with E-state index in [0.29, 0.717) is 17.2 Å². The summed E-state index contributed by atoms with van der Waals surface area (Å²) in [6.07, 6.45) is 5.07. The van der Waals surface area contributed by atoms with Crippen LogP contribution in [0.25, 0.3) is 0 Å². The maximum absolute atomic E-state index is 12.7. The molecule has 1 N–H and O–H groups in total. The van der Waals surface area contributed by atoms with Gasteiger partial charge in [0.15, 0.2) is 0 Å². The van der Waals surface area contributed by atoms with Crippen molar-refractivity contribution in [1.29, 1.82) is 0 Å². The number of nitrogens with one attached hydrogen (secondary N) is 1. The quantitative estimate of drug-likeness (QED) is 0.875. The first-order valence-electron chi connectivity index (χ1n) is 8.74. The van der Waals surface area contributed by atoms with E-state index in [-0.39, 0.29) is 17.7 Å². The molecule has 7 heteroatoms. The van der Waals surface area contributed by atoms with Crippen LogP contribution in [0.15, 0.2) is 52.9 Å². The van der Waals surface area contributed by atoms with Gasteiger partial charge in [0.05, 0.1) is 11.3 Å². The van der Waals surface area contributed by atoms with E-state index in [2.05, 4.69) is 37.6 Å². The average molecular weight is 355 g/mol. The first-order valence-corrected chi connectivity index (χ1v) is 8.74. The minimum Gasteiger partial charge on any atom is -0.345 e. The Bertz CT molecular complexity index is 825. The van der Waals surface area contributed by atoms with Gasteiger partial charge in [-0.3, -0.25) is 0 Å². The lowest BCUT2D eigenvalue weighted by Crippen LogP contribution is -2.33. The number of hydrogen-bond donors (Lipinski definition) is 1. The Morgan fingerprint density at radius 1 is 0.962 bits per heavy atom. The van der Waals surface area contributed by atoms with Crippen LogP contribution in [0.1, 0.15) is 43.2 Å². The molecule has 1 saturated carbocycles. The molecule has 2 aromatic rings. The lowest BCUT2D eigenvalue weighted by atomic mass is 9.88. The maximum Gasteiger partial charge on any atom is 0.278 e. The zero-order valence-electron chi connectivity index (χ0n) is 14.2. The van der Waals surface area contributed by atoms with Crippen molar-refractivity contribution in [1.82, 2.24) is 9.97 Å². The number of nitrogens with zero attached hydrogens (tertiary/aromatic N) is 4. The Morgan fingerprint density at radius 2 is 1.65 bits per heavy atom. The first kappa shape index (κ1) is 16.8. The summed E-state index contributed by atoms with van der Waals surface area (Å²) >= 11 is 0. The number of aromatic nitrogens is 2. The molecule has 2 heterocycles. The zero-order valence-corrected chi connectivity index (χ0v) is 14.2. The van der Waals surface area contributed by atoms with Crippen molar-refractivity contribution < 1.29 is 8.78 Å². The van der Waals surface area contributed by atoms with Gasteiger partial charge in [-0.25, -0.2) is 18.7 Å². The van der Waals surface area contributed by atoms with Crippen molar-refractivity contribution in [3.8, 4) is 0 Å². The molecule has 1 aromatic carbocycles. The molecule has 2 aliphatic rings. The summed E-state index contributed by atoms with van der Waals surface area (Å²) in [5.74, 6) is 0.535. The smallest absolute Gasteiger partial charge is 0.278 e. The molecule has 1 aliphatic heterocycles. The van der Waals surface area contributed by atoms with Crippen LogP contribution in [0.2, 0.25) is 0 Å². The molecule has 134 valence electrons. The highest BCUT2D eigenvalue weighted by atomic mass is 19.3. The van der Waals surface area contributed by atoms with Gasteiger partial charge < -0.3 is 5.32 Å². The lowest BCUT2D eigenvalue weighted by molar-refractivity contribution is 0.224. The van der Waals surface area contributed by atoms with Crippen molar-refractivity contribution in [2.75, 3.05) is 5.32 Å². The predicted octanol–water partition coefficient (Wildman–Crippen LogP) is 4.17. The van der Waals surface area contributed by atoms with Crippen LogP contribution in [0.5, 0.6) is 0 Å². The third-order valence-electron chi connectivity index (χ3n) is 5.02. The summed E-state index contributed by atoms with van der Waals surface area (Å²) < 4.78 is 25.4. The molecule has 26 heavy (non-hydrogen) atoms. The highest BCUT2D eigenvalue weighted by Crippen LogP contribution is 2.40. The van der Waals surface area contributed by atoms with Gasteiger partial charge in [0, 0.05) is 24.4 Å². The molecule has 1 fully saturated rings. The standard InChI is InChI=1S/C19H19F2N5/c20-17(21)16-10-15(25-26-16)13-11-22-18(23-12-13)24-19(8-4-5-9-19)14-6-2-1-3-7-14/h1-3,6-7,11-12,17H,4-5,8-10H2,(H,22,23,24). The third-order valence-corrected chi connectivity index (χ3v) is 5.02. The van der Waals surface area contributed by atoms with Gasteiger partial charge in [-0.15, -0.1) is 0 Å². The van der Waals surface area contributed by atoms with E-state index in [1.54, 1.807) is 12.4 Å². The highest BCUT2D eigenvalue weighted by Gasteiger charge is 2.36. The summed E-state index contributed by atoms with van der Waals surface area (Å²) in [7, 11) is 0. The fourth-order valence-corrected chi connectivity index (χ4v) is 3.62. The van der Waals surface area contributed by atoms with Crippen LogP contribution < -0.4 is 5.32 Å². The summed E-state index contributed by atoms with van der Waals surface area (Å²) in [4.78, 5) is 8.77. The van der Waals surface area contributed by atoms with Crippen molar-refractivity contribution in [2.45, 2.75) is 44.1 Å². The van der Waals surface area contributed by atoms with E-state index in [9.17, 15) is 8.78 Å².